The maximum atomic E-state index is 11.1. The Morgan fingerprint density at radius 2 is 1.03 bits per heavy atom. The van der Waals surface area contributed by atoms with Crippen molar-refractivity contribution in [2.24, 2.45) is 21.8 Å². The molecule has 0 aromatic heterocycles. The molecule has 0 spiro atoms. The zero-order valence-electron chi connectivity index (χ0n) is 22.8. The molecule has 2 atom stereocenters. The van der Waals surface area contributed by atoms with Gasteiger partial charge in [0.15, 0.2) is 0 Å². The molecule has 0 radical (unpaired) electrons. The first kappa shape index (κ1) is 33.0. The number of carbonyl (C=O) groups is 2. The molecule has 2 aromatic carbocycles. The Hall–Kier alpha value is -2.24. The summed E-state index contributed by atoms with van der Waals surface area (Å²) in [6.45, 7) is 12.0. The number of hydrogen-bond acceptors (Lipinski definition) is 8. The van der Waals surface area contributed by atoms with Gasteiger partial charge in [-0.05, 0) is 25.7 Å². The number of nitrogens with zero attached hydrogens (tertiary/aromatic N) is 2. The molecule has 0 saturated heterocycles. The number of nitrogens with one attached hydrogen (secondary N) is 2. The van der Waals surface area contributed by atoms with E-state index in [-0.39, 0.29) is 60.7 Å². The summed E-state index contributed by atoms with van der Waals surface area (Å²) < 4.78 is 0. The van der Waals surface area contributed by atoms with E-state index >= 15 is 0 Å². The Balaban J connectivity index is 0.000000267. The monoisotopic (exact) mass is 590 g/mol. The molecule has 2 N–H and O–H groups in total. The van der Waals surface area contributed by atoms with Crippen LogP contribution in [0.25, 0.3) is 0 Å². The second-order valence-corrected chi connectivity index (χ2v) is 10.9. The molecule has 39 heavy (non-hydrogen) atoms. The van der Waals surface area contributed by atoms with Gasteiger partial charge in [0.05, 0.1) is 11.9 Å². The van der Waals surface area contributed by atoms with Gasteiger partial charge >= 0.3 is 37.7 Å². The fourth-order valence-electron chi connectivity index (χ4n) is 3.86. The minimum atomic E-state index is -1.22. The number of amidine groups is 2. The third-order valence-electron chi connectivity index (χ3n) is 7.12. The van der Waals surface area contributed by atoms with Crippen LogP contribution in [0.3, 0.4) is 0 Å². The van der Waals surface area contributed by atoms with Crippen LogP contribution in [0.5, 0.6) is 0 Å². The van der Waals surface area contributed by atoms with Crippen molar-refractivity contribution in [1.29, 1.82) is 0 Å². The summed E-state index contributed by atoms with van der Waals surface area (Å²) in [6.07, 6.45) is 0. The summed E-state index contributed by atoms with van der Waals surface area (Å²) in [4.78, 5) is 32.7. The summed E-state index contributed by atoms with van der Waals surface area (Å²) in [5, 5.41) is 28.3. The zero-order chi connectivity index (χ0) is 28.4. The molecule has 0 amide bonds. The minimum absolute atomic E-state index is 0. The smallest absolute Gasteiger partial charge is 0.545 e. The Morgan fingerprint density at radius 3 is 1.28 bits per heavy atom. The zero-order valence-corrected chi connectivity index (χ0v) is 26.7. The van der Waals surface area contributed by atoms with Gasteiger partial charge < -0.3 is 30.4 Å². The Labute approximate surface area is 269 Å². The number of benzene rings is 2. The van der Waals surface area contributed by atoms with Crippen LogP contribution in [0.1, 0.15) is 73.4 Å². The Bertz CT molecular complexity index is 1270. The van der Waals surface area contributed by atoms with E-state index in [1.54, 1.807) is 36.4 Å². The number of thiocarbonyl (C=S) groups is 2. The summed E-state index contributed by atoms with van der Waals surface area (Å²) in [5.41, 5.74) is 0.255. The molecule has 0 saturated carbocycles. The topological polar surface area (TPSA) is 129 Å². The standard InChI is InChI=1S/2C14H16N2O2S.Ca/c2*1-8(2)14(3)13(19)15-11(16-14)9-6-4-5-7-10(9)12(17)18;/h2*4-8H,1-3H3,(H,17,18)(H,15,16,19);/q;;+2/p-2. The predicted molar refractivity (Wildman–Crippen MR) is 158 cm³/mol. The third kappa shape index (κ3) is 6.74. The predicted octanol–water partition coefficient (Wildman–Crippen LogP) is 1.90. The number of aliphatic imine (C=N–C) groups is 2. The van der Waals surface area contributed by atoms with Crippen molar-refractivity contribution in [3.05, 3.63) is 70.8 Å². The van der Waals surface area contributed by atoms with Crippen molar-refractivity contribution in [3.63, 3.8) is 0 Å². The van der Waals surface area contributed by atoms with Crippen LogP contribution >= 0.6 is 24.4 Å². The number of carbonyl (C=O) groups excluding carboxylic acids is 2. The molecule has 2 aliphatic rings. The van der Waals surface area contributed by atoms with E-state index in [0.717, 1.165) is 0 Å². The van der Waals surface area contributed by atoms with Crippen molar-refractivity contribution in [2.75, 3.05) is 0 Å². The fraction of sp³-hybridized carbons (Fsp3) is 0.357. The summed E-state index contributed by atoms with van der Waals surface area (Å²) >= 11 is 10.7. The molecule has 2 heterocycles. The minimum Gasteiger partial charge on any atom is -0.545 e. The van der Waals surface area contributed by atoms with Crippen LogP contribution in [0.2, 0.25) is 0 Å². The number of carboxylic acids is 2. The van der Waals surface area contributed by atoms with E-state index in [2.05, 4.69) is 20.6 Å². The van der Waals surface area contributed by atoms with Crippen LogP contribution in [0.4, 0.5) is 0 Å². The van der Waals surface area contributed by atoms with E-state index in [1.807, 2.05) is 41.5 Å². The average molecular weight is 591 g/mol. The van der Waals surface area contributed by atoms with E-state index in [9.17, 15) is 19.8 Å². The summed E-state index contributed by atoms with van der Waals surface area (Å²) in [5.74, 6) is -0.990. The number of aromatic carboxylic acids is 2. The molecule has 0 bridgehead atoms. The van der Waals surface area contributed by atoms with Gasteiger partial charge in [-0.25, -0.2) is 0 Å². The van der Waals surface area contributed by atoms with Gasteiger partial charge in [0.2, 0.25) is 0 Å². The molecule has 8 nitrogen and oxygen atoms in total. The van der Waals surface area contributed by atoms with Crippen LogP contribution in [0.15, 0.2) is 58.5 Å². The Kier molecular flexibility index (Phi) is 10.9. The van der Waals surface area contributed by atoms with Gasteiger partial charge in [0, 0.05) is 22.3 Å². The second kappa shape index (κ2) is 13.0. The SMILES string of the molecule is CC(C)C1(C)N=C(c2ccccc2C(=O)[O-])NC1=S.CC(C)C1(C)N=C(c2ccccc2C(=O)[O-])NC1=S.[Ca+2]. The van der Waals surface area contributed by atoms with E-state index in [1.165, 1.54) is 12.1 Å². The van der Waals surface area contributed by atoms with E-state index in [4.69, 9.17) is 24.4 Å². The van der Waals surface area contributed by atoms with Gasteiger partial charge in [-0.15, -0.1) is 0 Å². The first-order chi connectivity index (χ1) is 17.7. The Morgan fingerprint density at radius 1 is 0.718 bits per heavy atom. The van der Waals surface area contributed by atoms with Gasteiger partial charge in [-0.1, -0.05) is 101 Å². The largest absolute Gasteiger partial charge is 2.00 e. The first-order valence-corrected chi connectivity index (χ1v) is 13.0. The molecular formula is C28H30CaN4O4S2. The van der Waals surface area contributed by atoms with Crippen LogP contribution in [-0.2, 0) is 0 Å². The second-order valence-electron chi connectivity index (χ2n) is 10.1. The van der Waals surface area contributed by atoms with Crippen LogP contribution < -0.4 is 20.8 Å². The van der Waals surface area contributed by atoms with Crippen LogP contribution in [-0.4, -0.2) is 82.4 Å². The molecule has 0 aliphatic carbocycles. The number of rotatable bonds is 6. The van der Waals surface area contributed by atoms with Gasteiger partial charge in [0.25, 0.3) is 0 Å². The maximum absolute atomic E-state index is 11.1. The quantitative estimate of drug-likeness (QED) is 0.386. The third-order valence-corrected chi connectivity index (χ3v) is 8.15. The van der Waals surface area contributed by atoms with E-state index < -0.39 is 23.0 Å². The average Bonchev–Trinajstić information content (AvgIpc) is 3.36. The normalized spacial score (nSPS) is 21.7. The molecule has 4 rings (SSSR count). The summed E-state index contributed by atoms with van der Waals surface area (Å²) in [7, 11) is 0. The number of hydrogen-bond donors (Lipinski definition) is 2. The van der Waals surface area contributed by atoms with Gasteiger partial charge in [-0.2, -0.15) is 0 Å². The van der Waals surface area contributed by atoms with Crippen molar-refractivity contribution < 1.29 is 19.8 Å². The van der Waals surface area contributed by atoms with Crippen molar-refractivity contribution in [2.45, 2.75) is 52.6 Å². The van der Waals surface area contributed by atoms with Crippen molar-refractivity contribution in [3.8, 4) is 0 Å². The molecule has 11 heteroatoms. The van der Waals surface area contributed by atoms with E-state index in [0.29, 0.717) is 32.8 Å². The van der Waals surface area contributed by atoms with Crippen molar-refractivity contribution >= 4 is 95.8 Å². The van der Waals surface area contributed by atoms with Crippen molar-refractivity contribution in [1.82, 2.24) is 10.6 Å². The molecule has 200 valence electrons. The van der Waals surface area contributed by atoms with Crippen LogP contribution in [0, 0.1) is 11.8 Å². The van der Waals surface area contributed by atoms with Gasteiger partial charge in [-0.3, -0.25) is 9.98 Å². The summed E-state index contributed by atoms with van der Waals surface area (Å²) in [6, 6.07) is 13.2. The molecular weight excluding hydrogens is 561 g/mol. The fourth-order valence-corrected chi connectivity index (χ4v) is 4.62. The molecule has 2 aromatic rings. The van der Waals surface area contributed by atoms with Gasteiger partial charge in [0.1, 0.15) is 32.7 Å². The molecule has 2 aliphatic heterocycles. The maximum Gasteiger partial charge on any atom is 2.00 e. The number of carboxylic acid groups (broad SMARTS) is 2. The first-order valence-electron chi connectivity index (χ1n) is 12.2. The molecule has 2 unspecified atom stereocenters. The molecule has 0 fully saturated rings.